The molecule has 0 spiro atoms. The Morgan fingerprint density at radius 3 is 2.50 bits per heavy atom. The summed E-state index contributed by atoms with van der Waals surface area (Å²) in [5.74, 6) is 0.739. The number of nitrogens with one attached hydrogen (secondary N) is 1. The predicted molar refractivity (Wildman–Crippen MR) is 56.1 cm³/mol. The first-order valence-electron chi connectivity index (χ1n) is 5.75. The first-order valence-corrected chi connectivity index (χ1v) is 5.75. The zero-order chi connectivity index (χ0) is 10.1. The van der Waals surface area contributed by atoms with E-state index in [0.717, 1.165) is 12.5 Å². The van der Waals surface area contributed by atoms with Crippen LogP contribution in [0.4, 0.5) is 4.79 Å². The van der Waals surface area contributed by atoms with Crippen LogP contribution in [0.5, 0.6) is 0 Å². The maximum atomic E-state index is 11.6. The quantitative estimate of drug-likeness (QED) is 0.719. The van der Waals surface area contributed by atoms with E-state index in [-0.39, 0.29) is 6.03 Å². The molecule has 80 valence electrons. The highest BCUT2D eigenvalue weighted by atomic mass is 16.2. The Hall–Kier alpha value is -0.730. The summed E-state index contributed by atoms with van der Waals surface area (Å²) < 4.78 is 0. The van der Waals surface area contributed by atoms with Gasteiger partial charge in [-0.25, -0.2) is 4.79 Å². The fourth-order valence-electron chi connectivity index (χ4n) is 2.65. The van der Waals surface area contributed by atoms with E-state index < -0.39 is 0 Å². The van der Waals surface area contributed by atoms with Gasteiger partial charge < -0.3 is 10.2 Å². The number of hydrogen-bond donors (Lipinski definition) is 1. The average Bonchev–Trinajstić information content (AvgIpc) is 2.70. The van der Waals surface area contributed by atoms with Crippen LogP contribution in [0.25, 0.3) is 0 Å². The molecule has 1 heterocycles. The minimum absolute atomic E-state index is 0.136. The molecule has 0 radical (unpaired) electrons. The zero-order valence-corrected chi connectivity index (χ0v) is 9.12. The van der Waals surface area contributed by atoms with Gasteiger partial charge in [-0.3, -0.25) is 0 Å². The number of amides is 2. The van der Waals surface area contributed by atoms with E-state index in [4.69, 9.17) is 0 Å². The second-order valence-corrected chi connectivity index (χ2v) is 4.85. The van der Waals surface area contributed by atoms with Crippen LogP contribution in [-0.4, -0.2) is 29.6 Å². The second kappa shape index (κ2) is 3.79. The molecule has 3 heteroatoms. The van der Waals surface area contributed by atoms with Crippen molar-refractivity contribution in [1.82, 2.24) is 10.2 Å². The van der Waals surface area contributed by atoms with Crippen molar-refractivity contribution in [3.05, 3.63) is 0 Å². The summed E-state index contributed by atoms with van der Waals surface area (Å²) in [5, 5.41) is 3.11. The molecule has 2 amide bonds. The van der Waals surface area contributed by atoms with Crippen LogP contribution < -0.4 is 5.32 Å². The van der Waals surface area contributed by atoms with Crippen LogP contribution in [-0.2, 0) is 0 Å². The summed E-state index contributed by atoms with van der Waals surface area (Å²) in [6, 6.07) is 0.894. The average molecular weight is 196 g/mol. The number of nitrogens with zero attached hydrogens (tertiary/aromatic N) is 1. The van der Waals surface area contributed by atoms with E-state index >= 15 is 0 Å². The lowest BCUT2D eigenvalue weighted by atomic mass is 9.99. The van der Waals surface area contributed by atoms with E-state index in [1.54, 1.807) is 0 Å². The first-order chi connectivity index (χ1) is 6.68. The van der Waals surface area contributed by atoms with E-state index in [0.29, 0.717) is 12.1 Å². The van der Waals surface area contributed by atoms with E-state index in [2.05, 4.69) is 19.2 Å². The lowest BCUT2D eigenvalue weighted by Crippen LogP contribution is -2.34. The highest BCUT2D eigenvalue weighted by Gasteiger charge is 2.35. The topological polar surface area (TPSA) is 32.3 Å². The number of carbonyl (C=O) groups is 1. The van der Waals surface area contributed by atoms with Crippen LogP contribution in [0, 0.1) is 5.92 Å². The molecule has 1 unspecified atom stereocenters. The van der Waals surface area contributed by atoms with E-state index in [9.17, 15) is 4.79 Å². The standard InChI is InChI=1S/C11H20N2O/c1-8(2)13-7-10(12-11(13)14)9-5-3-4-6-9/h8-10H,3-7H2,1-2H3,(H,12,14). The van der Waals surface area contributed by atoms with Gasteiger partial charge in [0.1, 0.15) is 0 Å². The second-order valence-electron chi connectivity index (χ2n) is 4.85. The number of carbonyl (C=O) groups excluding carboxylic acids is 1. The van der Waals surface area contributed by atoms with Crippen molar-refractivity contribution in [3.8, 4) is 0 Å². The molecule has 2 fully saturated rings. The highest BCUT2D eigenvalue weighted by molar-refractivity contribution is 5.77. The van der Waals surface area contributed by atoms with Crippen LogP contribution in [0.1, 0.15) is 39.5 Å². The van der Waals surface area contributed by atoms with Crippen LogP contribution in [0.3, 0.4) is 0 Å². The molecule has 1 aliphatic heterocycles. The molecular weight excluding hydrogens is 176 g/mol. The normalized spacial score (nSPS) is 28.9. The van der Waals surface area contributed by atoms with Gasteiger partial charge in [-0.2, -0.15) is 0 Å². The Bertz CT molecular complexity index is 221. The van der Waals surface area contributed by atoms with Crippen molar-refractivity contribution < 1.29 is 4.79 Å². The maximum Gasteiger partial charge on any atom is 0.317 e. The van der Waals surface area contributed by atoms with Gasteiger partial charge in [0.2, 0.25) is 0 Å². The Kier molecular flexibility index (Phi) is 2.66. The smallest absolute Gasteiger partial charge is 0.317 e. The number of hydrogen-bond acceptors (Lipinski definition) is 1. The van der Waals surface area contributed by atoms with E-state index in [1.165, 1.54) is 25.7 Å². The molecule has 1 saturated carbocycles. The Morgan fingerprint density at radius 2 is 2.00 bits per heavy atom. The van der Waals surface area contributed by atoms with Crippen molar-refractivity contribution in [3.63, 3.8) is 0 Å². The lowest BCUT2D eigenvalue weighted by molar-refractivity contribution is 0.205. The van der Waals surface area contributed by atoms with Crippen molar-refractivity contribution in [2.75, 3.05) is 6.54 Å². The highest BCUT2D eigenvalue weighted by Crippen LogP contribution is 2.30. The van der Waals surface area contributed by atoms with Crippen LogP contribution in [0.15, 0.2) is 0 Å². The van der Waals surface area contributed by atoms with Crippen molar-refractivity contribution in [2.24, 2.45) is 5.92 Å². The van der Waals surface area contributed by atoms with E-state index in [1.807, 2.05) is 4.90 Å². The molecule has 1 saturated heterocycles. The molecule has 3 nitrogen and oxygen atoms in total. The summed E-state index contributed by atoms with van der Waals surface area (Å²) in [4.78, 5) is 13.5. The zero-order valence-electron chi connectivity index (χ0n) is 9.12. The fraction of sp³-hybridized carbons (Fsp3) is 0.909. The lowest BCUT2D eigenvalue weighted by Gasteiger charge is -2.20. The van der Waals surface area contributed by atoms with Crippen molar-refractivity contribution in [2.45, 2.75) is 51.6 Å². The molecule has 0 aromatic rings. The summed E-state index contributed by atoms with van der Waals surface area (Å²) in [7, 11) is 0. The molecule has 1 atom stereocenters. The van der Waals surface area contributed by atoms with Gasteiger partial charge in [0.15, 0.2) is 0 Å². The monoisotopic (exact) mass is 196 g/mol. The molecule has 1 aliphatic carbocycles. The van der Waals surface area contributed by atoms with Crippen LogP contribution in [0.2, 0.25) is 0 Å². The molecule has 0 bridgehead atoms. The third kappa shape index (κ3) is 1.72. The number of urea groups is 1. The largest absolute Gasteiger partial charge is 0.333 e. The van der Waals surface area contributed by atoms with Gasteiger partial charge in [-0.15, -0.1) is 0 Å². The molecule has 14 heavy (non-hydrogen) atoms. The minimum atomic E-state index is 0.136. The summed E-state index contributed by atoms with van der Waals surface area (Å²) in [5.41, 5.74) is 0. The first kappa shape index (κ1) is 9.81. The van der Waals surface area contributed by atoms with Gasteiger partial charge in [-0.05, 0) is 32.6 Å². The Labute approximate surface area is 85.8 Å². The van der Waals surface area contributed by atoms with Gasteiger partial charge in [0, 0.05) is 12.6 Å². The van der Waals surface area contributed by atoms with Gasteiger partial charge in [-0.1, -0.05) is 12.8 Å². The summed E-state index contributed by atoms with van der Waals surface area (Å²) >= 11 is 0. The number of rotatable bonds is 2. The molecule has 2 aliphatic rings. The van der Waals surface area contributed by atoms with Crippen molar-refractivity contribution in [1.29, 1.82) is 0 Å². The molecule has 0 aromatic carbocycles. The summed E-state index contributed by atoms with van der Waals surface area (Å²) in [6.07, 6.45) is 5.30. The SMILES string of the molecule is CC(C)N1CC(C2CCCC2)NC1=O. The van der Waals surface area contributed by atoms with Crippen LogP contribution >= 0.6 is 0 Å². The maximum absolute atomic E-state index is 11.6. The van der Waals surface area contributed by atoms with Gasteiger partial charge in [0.05, 0.1) is 6.04 Å². The van der Waals surface area contributed by atoms with Gasteiger partial charge >= 0.3 is 6.03 Å². The summed E-state index contributed by atoms with van der Waals surface area (Å²) in [6.45, 7) is 5.08. The molecular formula is C11H20N2O. The third-order valence-electron chi connectivity index (χ3n) is 3.56. The Morgan fingerprint density at radius 1 is 1.36 bits per heavy atom. The molecule has 1 N–H and O–H groups in total. The van der Waals surface area contributed by atoms with Crippen molar-refractivity contribution >= 4 is 6.03 Å². The fourth-order valence-corrected chi connectivity index (χ4v) is 2.65. The minimum Gasteiger partial charge on any atom is -0.333 e. The molecule has 0 aromatic heterocycles. The predicted octanol–water partition coefficient (Wildman–Crippen LogP) is 1.98. The Balaban J connectivity index is 1.95. The van der Waals surface area contributed by atoms with Gasteiger partial charge in [0.25, 0.3) is 0 Å². The molecule has 2 rings (SSSR count). The third-order valence-corrected chi connectivity index (χ3v) is 3.56.